The SMILES string of the molecule is CNc1cc2c(cn1)c(-c1cnn(C)c1)nn2[C@H]1CC[C@@H](Oc2ccc(C(F)(F)F)nc2)CC1. The molecule has 1 fully saturated rings. The van der Waals surface area contributed by atoms with Crippen LogP contribution >= 0.6 is 0 Å². The van der Waals surface area contributed by atoms with Crippen molar-refractivity contribution in [2.24, 2.45) is 7.05 Å². The van der Waals surface area contributed by atoms with E-state index in [2.05, 4.69) is 25.1 Å². The van der Waals surface area contributed by atoms with Crippen LogP contribution in [0.4, 0.5) is 19.0 Å². The number of hydrogen-bond donors (Lipinski definition) is 1. The van der Waals surface area contributed by atoms with Gasteiger partial charge in [-0.05, 0) is 37.8 Å². The molecule has 4 aromatic rings. The van der Waals surface area contributed by atoms with Crippen LogP contribution in [0.15, 0.2) is 43.0 Å². The van der Waals surface area contributed by atoms with E-state index in [1.54, 1.807) is 10.9 Å². The van der Waals surface area contributed by atoms with E-state index in [9.17, 15) is 13.2 Å². The first kappa shape index (κ1) is 22.2. The summed E-state index contributed by atoms with van der Waals surface area (Å²) < 4.78 is 47.9. The highest BCUT2D eigenvalue weighted by atomic mass is 19.4. The van der Waals surface area contributed by atoms with E-state index >= 15 is 0 Å². The molecule has 0 atom stereocenters. The molecule has 0 spiro atoms. The Morgan fingerprint density at radius 2 is 1.85 bits per heavy atom. The molecular weight excluding hydrogens is 447 g/mol. The normalized spacial score (nSPS) is 18.9. The van der Waals surface area contributed by atoms with Crippen molar-refractivity contribution in [2.45, 2.75) is 44.0 Å². The Hall–Kier alpha value is -3.63. The molecular formula is C23H24F3N7O. The van der Waals surface area contributed by atoms with E-state index in [0.717, 1.165) is 65.9 Å². The molecule has 11 heteroatoms. The number of hydrogen-bond acceptors (Lipinski definition) is 6. The molecule has 0 aromatic carbocycles. The quantitative estimate of drug-likeness (QED) is 0.448. The van der Waals surface area contributed by atoms with Crippen molar-refractivity contribution in [1.82, 2.24) is 29.5 Å². The number of fused-ring (bicyclic) bond motifs is 1. The van der Waals surface area contributed by atoms with Crippen molar-refractivity contribution in [3.63, 3.8) is 0 Å². The zero-order chi connectivity index (χ0) is 23.9. The zero-order valence-corrected chi connectivity index (χ0v) is 18.8. The van der Waals surface area contributed by atoms with Gasteiger partial charge in [-0.2, -0.15) is 23.4 Å². The molecule has 0 unspecified atom stereocenters. The lowest BCUT2D eigenvalue weighted by atomic mass is 9.93. The third-order valence-electron chi connectivity index (χ3n) is 6.15. The van der Waals surface area contributed by atoms with Gasteiger partial charge in [0.15, 0.2) is 0 Å². The minimum absolute atomic E-state index is 0.0797. The predicted molar refractivity (Wildman–Crippen MR) is 120 cm³/mol. The van der Waals surface area contributed by atoms with Gasteiger partial charge >= 0.3 is 6.18 Å². The first-order chi connectivity index (χ1) is 16.3. The third-order valence-corrected chi connectivity index (χ3v) is 6.15. The summed E-state index contributed by atoms with van der Waals surface area (Å²) in [6.07, 6.45) is 5.35. The lowest BCUT2D eigenvalue weighted by Crippen LogP contribution is -2.26. The highest BCUT2D eigenvalue weighted by Gasteiger charge is 2.32. The van der Waals surface area contributed by atoms with Crippen LogP contribution in [0.2, 0.25) is 0 Å². The van der Waals surface area contributed by atoms with E-state index in [1.165, 1.54) is 6.07 Å². The number of anilines is 1. The Balaban J connectivity index is 1.34. The lowest BCUT2D eigenvalue weighted by Gasteiger charge is -2.29. The summed E-state index contributed by atoms with van der Waals surface area (Å²) in [6, 6.07) is 4.45. The molecule has 0 amide bonds. The molecule has 1 saturated carbocycles. The Morgan fingerprint density at radius 3 is 2.47 bits per heavy atom. The van der Waals surface area contributed by atoms with Crippen molar-refractivity contribution < 1.29 is 17.9 Å². The molecule has 1 aliphatic carbocycles. The summed E-state index contributed by atoms with van der Waals surface area (Å²) in [5, 5.41) is 13.3. The number of rotatable bonds is 5. The van der Waals surface area contributed by atoms with Crippen molar-refractivity contribution in [1.29, 1.82) is 0 Å². The van der Waals surface area contributed by atoms with Crippen LogP contribution in [0.3, 0.4) is 0 Å². The molecule has 0 aliphatic heterocycles. The first-order valence-corrected chi connectivity index (χ1v) is 11.1. The minimum atomic E-state index is -4.46. The molecule has 4 heterocycles. The minimum Gasteiger partial charge on any atom is -0.489 e. The van der Waals surface area contributed by atoms with E-state index < -0.39 is 11.9 Å². The maximum absolute atomic E-state index is 12.7. The van der Waals surface area contributed by atoms with Crippen LogP contribution in [0.5, 0.6) is 5.75 Å². The number of ether oxygens (including phenoxy) is 1. The fourth-order valence-electron chi connectivity index (χ4n) is 4.42. The van der Waals surface area contributed by atoms with E-state index in [1.807, 2.05) is 32.6 Å². The molecule has 0 saturated heterocycles. The fraction of sp³-hybridized carbons (Fsp3) is 0.391. The summed E-state index contributed by atoms with van der Waals surface area (Å²) >= 11 is 0. The molecule has 0 radical (unpaired) electrons. The predicted octanol–water partition coefficient (Wildman–Crippen LogP) is 4.85. The Morgan fingerprint density at radius 1 is 1.06 bits per heavy atom. The molecule has 1 N–H and O–H groups in total. The fourth-order valence-corrected chi connectivity index (χ4v) is 4.42. The second-order valence-electron chi connectivity index (χ2n) is 8.46. The second kappa shape index (κ2) is 8.62. The third kappa shape index (κ3) is 4.29. The molecule has 0 bridgehead atoms. The van der Waals surface area contributed by atoms with Gasteiger partial charge in [-0.15, -0.1) is 0 Å². The van der Waals surface area contributed by atoms with Gasteiger partial charge in [0.05, 0.1) is 30.1 Å². The van der Waals surface area contributed by atoms with Gasteiger partial charge in [-0.3, -0.25) is 9.36 Å². The molecule has 34 heavy (non-hydrogen) atoms. The number of aryl methyl sites for hydroxylation is 1. The van der Waals surface area contributed by atoms with Crippen LogP contribution < -0.4 is 10.1 Å². The average Bonchev–Trinajstić information content (AvgIpc) is 3.42. The Bertz CT molecular complexity index is 1290. The smallest absolute Gasteiger partial charge is 0.433 e. The average molecular weight is 471 g/mol. The number of aromatic nitrogens is 6. The van der Waals surface area contributed by atoms with Crippen LogP contribution in [0.1, 0.15) is 37.4 Å². The van der Waals surface area contributed by atoms with Crippen molar-refractivity contribution in [2.75, 3.05) is 12.4 Å². The maximum Gasteiger partial charge on any atom is 0.433 e. The highest BCUT2D eigenvalue weighted by molar-refractivity contribution is 5.93. The molecule has 5 rings (SSSR count). The van der Waals surface area contributed by atoms with Crippen LogP contribution in [-0.2, 0) is 13.2 Å². The zero-order valence-electron chi connectivity index (χ0n) is 18.8. The van der Waals surface area contributed by atoms with Crippen molar-refractivity contribution in [3.8, 4) is 17.0 Å². The summed E-state index contributed by atoms with van der Waals surface area (Å²) in [7, 11) is 3.70. The van der Waals surface area contributed by atoms with Crippen molar-refractivity contribution >= 4 is 16.7 Å². The monoisotopic (exact) mass is 471 g/mol. The lowest BCUT2D eigenvalue weighted by molar-refractivity contribution is -0.141. The first-order valence-electron chi connectivity index (χ1n) is 11.1. The number of nitrogens with zero attached hydrogens (tertiary/aromatic N) is 6. The maximum atomic E-state index is 12.7. The molecule has 8 nitrogen and oxygen atoms in total. The van der Waals surface area contributed by atoms with Crippen LogP contribution in [-0.4, -0.2) is 42.7 Å². The number of alkyl halides is 3. The topological polar surface area (TPSA) is 82.7 Å². The standard InChI is InChI=1S/C23H24F3N7O/c1-27-21-9-19-18(12-29-21)22(14-10-30-32(2)13-14)31-33(19)15-3-5-16(6-4-15)34-17-7-8-20(28-11-17)23(24,25)26/h7-13,15-16H,3-6H2,1-2H3,(H,27,29)/t15-,16+. The largest absolute Gasteiger partial charge is 0.489 e. The Kier molecular flexibility index (Phi) is 5.62. The number of nitrogens with one attached hydrogen (secondary N) is 1. The van der Waals surface area contributed by atoms with Gasteiger partial charge in [0.2, 0.25) is 0 Å². The van der Waals surface area contributed by atoms with E-state index in [0.29, 0.717) is 5.75 Å². The van der Waals surface area contributed by atoms with Gasteiger partial charge in [0, 0.05) is 43.5 Å². The van der Waals surface area contributed by atoms with Gasteiger partial charge < -0.3 is 10.1 Å². The summed E-state index contributed by atoms with van der Waals surface area (Å²) in [5.74, 6) is 1.11. The van der Waals surface area contributed by atoms with E-state index in [4.69, 9.17) is 9.84 Å². The molecule has 178 valence electrons. The van der Waals surface area contributed by atoms with Gasteiger partial charge in [0.1, 0.15) is 23.0 Å². The van der Waals surface area contributed by atoms with E-state index in [-0.39, 0.29) is 12.1 Å². The van der Waals surface area contributed by atoms with Gasteiger partial charge in [0.25, 0.3) is 0 Å². The summed E-state index contributed by atoms with van der Waals surface area (Å²) in [5.41, 5.74) is 1.84. The number of pyridine rings is 2. The van der Waals surface area contributed by atoms with Crippen molar-refractivity contribution in [3.05, 3.63) is 48.7 Å². The summed E-state index contributed by atoms with van der Waals surface area (Å²) in [6.45, 7) is 0. The second-order valence-corrected chi connectivity index (χ2v) is 8.46. The van der Waals surface area contributed by atoms with Crippen LogP contribution in [0, 0.1) is 0 Å². The molecule has 4 aromatic heterocycles. The molecule has 1 aliphatic rings. The van der Waals surface area contributed by atoms with Crippen LogP contribution in [0.25, 0.3) is 22.2 Å². The highest BCUT2D eigenvalue weighted by Crippen LogP contribution is 2.36. The summed E-state index contributed by atoms with van der Waals surface area (Å²) in [4.78, 5) is 7.95. The number of halogens is 3. The Labute approximate surface area is 193 Å². The van der Waals surface area contributed by atoms with Gasteiger partial charge in [-0.25, -0.2) is 9.97 Å². The van der Waals surface area contributed by atoms with Gasteiger partial charge in [-0.1, -0.05) is 0 Å².